The Hall–Kier alpha value is -2.41. The van der Waals surface area contributed by atoms with Crippen molar-refractivity contribution in [1.82, 2.24) is 5.32 Å². The summed E-state index contributed by atoms with van der Waals surface area (Å²) in [5, 5.41) is 11.8. The van der Waals surface area contributed by atoms with Gasteiger partial charge in [-0.1, -0.05) is 50.6 Å². The number of carboxylic acids is 1. The van der Waals surface area contributed by atoms with Crippen LogP contribution in [0.25, 0.3) is 0 Å². The zero-order valence-corrected chi connectivity index (χ0v) is 14.0. The minimum atomic E-state index is -2.14. The summed E-state index contributed by atoms with van der Waals surface area (Å²) < 4.78 is 5.11. The summed E-state index contributed by atoms with van der Waals surface area (Å²) in [5.41, 5.74) is 4.27. The monoisotopic (exact) mass is 336 g/mol. The number of nitrogens with one attached hydrogen (secondary N) is 1. The zero-order valence-electron chi connectivity index (χ0n) is 14.0. The van der Waals surface area contributed by atoms with E-state index in [-0.39, 0.29) is 13.0 Å². The molecule has 7 heteroatoms. The maximum absolute atomic E-state index is 12.4. The summed E-state index contributed by atoms with van der Waals surface area (Å²) >= 11 is 0. The SMILES string of the molecule is CCC[C@H](N)C(=O)N[C@@](CC)(C(=O)O)C(=O)OCc1ccccc1. The molecule has 0 aliphatic rings. The number of rotatable bonds is 9. The molecule has 0 radical (unpaired) electrons. The Balaban J connectivity index is 2.87. The van der Waals surface area contributed by atoms with Crippen molar-refractivity contribution < 1.29 is 24.2 Å². The fraction of sp³-hybridized carbons (Fsp3) is 0.471. The van der Waals surface area contributed by atoms with Crippen LogP contribution in [0.1, 0.15) is 38.7 Å². The van der Waals surface area contributed by atoms with Gasteiger partial charge in [-0.2, -0.15) is 0 Å². The molecule has 0 fully saturated rings. The van der Waals surface area contributed by atoms with E-state index >= 15 is 0 Å². The summed E-state index contributed by atoms with van der Waals surface area (Å²) in [6.45, 7) is 3.26. The first-order valence-corrected chi connectivity index (χ1v) is 7.89. The van der Waals surface area contributed by atoms with E-state index in [0.29, 0.717) is 12.8 Å². The molecule has 4 N–H and O–H groups in total. The molecule has 132 valence electrons. The van der Waals surface area contributed by atoms with Crippen molar-refractivity contribution in [3.63, 3.8) is 0 Å². The number of ether oxygens (including phenoxy) is 1. The lowest BCUT2D eigenvalue weighted by atomic mass is 9.95. The second-order valence-electron chi connectivity index (χ2n) is 5.51. The molecule has 1 aromatic carbocycles. The molecule has 0 saturated heterocycles. The van der Waals surface area contributed by atoms with Gasteiger partial charge in [0.15, 0.2) is 0 Å². The summed E-state index contributed by atoms with van der Waals surface area (Å²) in [7, 11) is 0. The normalized spacial score (nSPS) is 14.3. The Labute approximate surface area is 141 Å². The second-order valence-corrected chi connectivity index (χ2v) is 5.51. The molecule has 0 aliphatic heterocycles. The molecule has 1 amide bonds. The lowest BCUT2D eigenvalue weighted by Gasteiger charge is -2.28. The summed E-state index contributed by atoms with van der Waals surface area (Å²) in [6.07, 6.45) is 0.907. The molecule has 0 aliphatic carbocycles. The van der Waals surface area contributed by atoms with Crippen molar-refractivity contribution >= 4 is 17.8 Å². The largest absolute Gasteiger partial charge is 0.479 e. The van der Waals surface area contributed by atoms with E-state index in [1.807, 2.05) is 13.0 Å². The van der Waals surface area contributed by atoms with Gasteiger partial charge in [-0.15, -0.1) is 0 Å². The highest BCUT2D eigenvalue weighted by Gasteiger charge is 2.48. The van der Waals surface area contributed by atoms with Crippen LogP contribution in [0.3, 0.4) is 0 Å². The predicted molar refractivity (Wildman–Crippen MR) is 87.9 cm³/mol. The van der Waals surface area contributed by atoms with Gasteiger partial charge < -0.3 is 20.9 Å². The lowest BCUT2D eigenvalue weighted by molar-refractivity contribution is -0.166. The van der Waals surface area contributed by atoms with E-state index < -0.39 is 29.4 Å². The van der Waals surface area contributed by atoms with Gasteiger partial charge in [0.1, 0.15) is 6.61 Å². The van der Waals surface area contributed by atoms with Gasteiger partial charge in [0, 0.05) is 0 Å². The Morgan fingerprint density at radius 2 is 1.88 bits per heavy atom. The number of benzene rings is 1. The Morgan fingerprint density at radius 1 is 1.25 bits per heavy atom. The minimum absolute atomic E-state index is 0.0778. The third-order valence-corrected chi connectivity index (χ3v) is 3.73. The quantitative estimate of drug-likeness (QED) is 0.461. The lowest BCUT2D eigenvalue weighted by Crippen LogP contribution is -2.63. The van der Waals surface area contributed by atoms with Gasteiger partial charge in [-0.25, -0.2) is 9.59 Å². The second kappa shape index (κ2) is 9.02. The number of hydrogen-bond acceptors (Lipinski definition) is 5. The van der Waals surface area contributed by atoms with Gasteiger partial charge in [-0.05, 0) is 18.4 Å². The number of esters is 1. The van der Waals surface area contributed by atoms with E-state index in [2.05, 4.69) is 5.32 Å². The number of carbonyl (C=O) groups excluding carboxylic acids is 2. The van der Waals surface area contributed by atoms with Gasteiger partial charge in [-0.3, -0.25) is 4.79 Å². The zero-order chi connectivity index (χ0) is 18.2. The molecule has 1 aromatic rings. The molecule has 0 spiro atoms. The van der Waals surface area contributed by atoms with Crippen molar-refractivity contribution in [1.29, 1.82) is 0 Å². The van der Waals surface area contributed by atoms with E-state index in [0.717, 1.165) is 5.56 Å². The number of aliphatic carboxylic acids is 1. The fourth-order valence-corrected chi connectivity index (χ4v) is 2.17. The summed E-state index contributed by atoms with van der Waals surface area (Å²) in [4.78, 5) is 36.1. The maximum Gasteiger partial charge on any atom is 0.344 e. The molecule has 2 atom stereocenters. The predicted octanol–water partition coefficient (Wildman–Crippen LogP) is 1.21. The van der Waals surface area contributed by atoms with Gasteiger partial charge in [0.25, 0.3) is 0 Å². The molecule has 7 nitrogen and oxygen atoms in total. The molecule has 24 heavy (non-hydrogen) atoms. The molecular formula is C17H24N2O5. The average molecular weight is 336 g/mol. The first-order valence-electron chi connectivity index (χ1n) is 7.89. The van der Waals surface area contributed by atoms with Crippen LogP contribution in [-0.2, 0) is 25.7 Å². The van der Waals surface area contributed by atoms with Crippen LogP contribution in [-0.4, -0.2) is 34.5 Å². The third kappa shape index (κ3) is 4.79. The minimum Gasteiger partial charge on any atom is -0.479 e. The van der Waals surface area contributed by atoms with E-state index in [4.69, 9.17) is 10.5 Å². The van der Waals surface area contributed by atoms with Gasteiger partial charge in [0.2, 0.25) is 11.4 Å². The third-order valence-electron chi connectivity index (χ3n) is 3.73. The first kappa shape index (κ1) is 19.6. The van der Waals surface area contributed by atoms with Crippen LogP contribution in [0.5, 0.6) is 0 Å². The summed E-state index contributed by atoms with van der Waals surface area (Å²) in [5.74, 6) is -3.17. The highest BCUT2D eigenvalue weighted by molar-refractivity contribution is 6.07. The molecule has 0 aromatic heterocycles. The fourth-order valence-electron chi connectivity index (χ4n) is 2.17. The molecule has 0 bridgehead atoms. The average Bonchev–Trinajstić information content (AvgIpc) is 2.58. The molecule has 0 unspecified atom stereocenters. The van der Waals surface area contributed by atoms with Gasteiger partial charge >= 0.3 is 11.9 Å². The standard InChI is InChI=1S/C17H24N2O5/c1-3-8-13(18)14(20)19-17(4-2,15(21)22)16(23)24-11-12-9-6-5-7-10-12/h5-7,9-10,13H,3-4,8,11,18H2,1-2H3,(H,19,20)(H,21,22)/t13-,17-/m0/s1. The smallest absolute Gasteiger partial charge is 0.344 e. The number of carbonyl (C=O) groups is 3. The van der Waals surface area contributed by atoms with Crippen molar-refractivity contribution in [3.8, 4) is 0 Å². The number of nitrogens with two attached hydrogens (primary N) is 1. The van der Waals surface area contributed by atoms with Crippen molar-refractivity contribution in [3.05, 3.63) is 35.9 Å². The van der Waals surface area contributed by atoms with E-state index in [9.17, 15) is 19.5 Å². The summed E-state index contributed by atoms with van der Waals surface area (Å²) in [6, 6.07) is 7.99. The highest BCUT2D eigenvalue weighted by atomic mass is 16.5. The Morgan fingerprint density at radius 3 is 2.38 bits per heavy atom. The Kier molecular flexibility index (Phi) is 7.38. The van der Waals surface area contributed by atoms with E-state index in [1.54, 1.807) is 24.3 Å². The van der Waals surface area contributed by atoms with Crippen LogP contribution in [0.15, 0.2) is 30.3 Å². The van der Waals surface area contributed by atoms with Crippen molar-refractivity contribution in [2.24, 2.45) is 5.73 Å². The number of carboxylic acid groups (broad SMARTS) is 1. The van der Waals surface area contributed by atoms with Crippen LogP contribution in [0.4, 0.5) is 0 Å². The molecule has 0 saturated carbocycles. The van der Waals surface area contributed by atoms with Crippen LogP contribution >= 0.6 is 0 Å². The highest BCUT2D eigenvalue weighted by Crippen LogP contribution is 2.16. The van der Waals surface area contributed by atoms with Crippen LogP contribution in [0.2, 0.25) is 0 Å². The molecular weight excluding hydrogens is 312 g/mol. The maximum atomic E-state index is 12.4. The van der Waals surface area contributed by atoms with Crippen LogP contribution in [0, 0.1) is 0 Å². The molecule has 1 rings (SSSR count). The molecule has 0 heterocycles. The topological polar surface area (TPSA) is 119 Å². The van der Waals surface area contributed by atoms with E-state index in [1.165, 1.54) is 6.92 Å². The Bertz CT molecular complexity index is 576. The first-order chi connectivity index (χ1) is 11.4. The number of amides is 1. The van der Waals surface area contributed by atoms with Crippen LogP contribution < -0.4 is 11.1 Å². The number of hydrogen-bond donors (Lipinski definition) is 3. The van der Waals surface area contributed by atoms with Crippen molar-refractivity contribution in [2.45, 2.75) is 51.3 Å². The van der Waals surface area contributed by atoms with Gasteiger partial charge in [0.05, 0.1) is 6.04 Å². The van der Waals surface area contributed by atoms with Crippen molar-refractivity contribution in [2.75, 3.05) is 0 Å².